The van der Waals surface area contributed by atoms with Crippen molar-refractivity contribution < 1.29 is 9.47 Å². The van der Waals surface area contributed by atoms with Gasteiger partial charge in [-0.15, -0.1) is 0 Å². The second-order valence-electron chi connectivity index (χ2n) is 5.24. The van der Waals surface area contributed by atoms with Crippen LogP contribution in [0.1, 0.15) is 22.6 Å². The van der Waals surface area contributed by atoms with Crippen LogP contribution in [0.2, 0.25) is 0 Å². The van der Waals surface area contributed by atoms with Gasteiger partial charge in [0.1, 0.15) is 23.1 Å². The van der Waals surface area contributed by atoms with Gasteiger partial charge in [0.05, 0.1) is 13.0 Å². The highest BCUT2D eigenvalue weighted by molar-refractivity contribution is 5.57. The summed E-state index contributed by atoms with van der Waals surface area (Å²) in [6.07, 6.45) is 0. The molecule has 2 aromatic carbocycles. The standard InChI is InChI=1S/C18H16N2O2/c1-11-3-5-12(6-4-11)17-14-8-7-13(21-2)9-16(14)22-18(20)15(17)10-19/h3-9,17H,20H2,1-2H3/t17-/m0/s1. The van der Waals surface area contributed by atoms with Gasteiger partial charge in [-0.2, -0.15) is 5.26 Å². The molecule has 4 heteroatoms. The number of ether oxygens (including phenoxy) is 2. The minimum absolute atomic E-state index is 0.147. The average Bonchev–Trinajstić information content (AvgIpc) is 2.54. The zero-order valence-electron chi connectivity index (χ0n) is 12.5. The molecule has 0 aliphatic carbocycles. The lowest BCUT2D eigenvalue weighted by Crippen LogP contribution is -2.21. The molecule has 0 aromatic heterocycles. The number of nitrogens with two attached hydrogens (primary N) is 1. The summed E-state index contributed by atoms with van der Waals surface area (Å²) in [7, 11) is 1.60. The Balaban J connectivity index is 2.18. The average molecular weight is 292 g/mol. The van der Waals surface area contributed by atoms with Crippen molar-refractivity contribution in [2.45, 2.75) is 12.8 Å². The molecule has 1 atom stereocenters. The first-order valence-electron chi connectivity index (χ1n) is 6.96. The third-order valence-corrected chi connectivity index (χ3v) is 3.84. The molecule has 0 fully saturated rings. The molecule has 0 spiro atoms. The molecule has 0 saturated carbocycles. The zero-order valence-corrected chi connectivity index (χ0v) is 12.5. The van der Waals surface area contributed by atoms with Crippen molar-refractivity contribution >= 4 is 0 Å². The van der Waals surface area contributed by atoms with E-state index in [0.29, 0.717) is 17.1 Å². The van der Waals surface area contributed by atoms with Gasteiger partial charge >= 0.3 is 0 Å². The second-order valence-corrected chi connectivity index (χ2v) is 5.24. The largest absolute Gasteiger partial charge is 0.497 e. The quantitative estimate of drug-likeness (QED) is 0.922. The number of methoxy groups -OCH3 is 1. The van der Waals surface area contributed by atoms with Crippen molar-refractivity contribution in [3.05, 3.63) is 70.6 Å². The van der Waals surface area contributed by atoms with Crippen LogP contribution < -0.4 is 15.2 Å². The Morgan fingerprint density at radius 3 is 2.55 bits per heavy atom. The van der Waals surface area contributed by atoms with Crippen LogP contribution in [0.25, 0.3) is 0 Å². The number of hydrogen-bond acceptors (Lipinski definition) is 4. The first-order chi connectivity index (χ1) is 10.6. The maximum Gasteiger partial charge on any atom is 0.205 e. The molecule has 0 radical (unpaired) electrons. The number of aryl methyl sites for hydroxylation is 1. The predicted molar refractivity (Wildman–Crippen MR) is 83.5 cm³/mol. The van der Waals surface area contributed by atoms with Gasteiger partial charge in [-0.1, -0.05) is 35.9 Å². The SMILES string of the molecule is COc1ccc2c(c1)OC(N)=C(C#N)[C@H]2c1ccc(C)cc1. The van der Waals surface area contributed by atoms with E-state index in [1.807, 2.05) is 43.3 Å². The lowest BCUT2D eigenvalue weighted by Gasteiger charge is -2.26. The second kappa shape index (κ2) is 5.45. The summed E-state index contributed by atoms with van der Waals surface area (Å²) in [6.45, 7) is 2.03. The predicted octanol–water partition coefficient (Wildman–Crippen LogP) is 3.22. The molecule has 2 N–H and O–H groups in total. The van der Waals surface area contributed by atoms with E-state index in [9.17, 15) is 5.26 Å². The van der Waals surface area contributed by atoms with Gasteiger partial charge in [0.15, 0.2) is 0 Å². The van der Waals surface area contributed by atoms with E-state index in [4.69, 9.17) is 15.2 Å². The Kier molecular flexibility index (Phi) is 3.48. The van der Waals surface area contributed by atoms with E-state index in [2.05, 4.69) is 6.07 Å². The molecule has 1 heterocycles. The highest BCUT2D eigenvalue weighted by Gasteiger charge is 2.30. The van der Waals surface area contributed by atoms with Gasteiger partial charge in [0.25, 0.3) is 0 Å². The van der Waals surface area contributed by atoms with E-state index in [-0.39, 0.29) is 11.8 Å². The third kappa shape index (κ3) is 2.27. The Morgan fingerprint density at radius 1 is 1.18 bits per heavy atom. The van der Waals surface area contributed by atoms with Crippen LogP contribution in [0.4, 0.5) is 0 Å². The number of nitriles is 1. The summed E-state index contributed by atoms with van der Waals surface area (Å²) in [4.78, 5) is 0. The van der Waals surface area contributed by atoms with Crippen LogP contribution in [0.5, 0.6) is 11.5 Å². The summed E-state index contributed by atoms with van der Waals surface area (Å²) in [5, 5.41) is 9.48. The van der Waals surface area contributed by atoms with Crippen molar-refractivity contribution in [3.8, 4) is 17.6 Å². The number of nitrogens with zero attached hydrogens (tertiary/aromatic N) is 1. The van der Waals surface area contributed by atoms with Crippen LogP contribution in [0.15, 0.2) is 53.9 Å². The van der Waals surface area contributed by atoms with E-state index in [1.54, 1.807) is 13.2 Å². The highest BCUT2D eigenvalue weighted by atomic mass is 16.5. The monoisotopic (exact) mass is 292 g/mol. The van der Waals surface area contributed by atoms with E-state index >= 15 is 0 Å². The minimum atomic E-state index is -0.222. The molecule has 1 aliphatic heterocycles. The topological polar surface area (TPSA) is 68.3 Å². The van der Waals surface area contributed by atoms with Crippen molar-refractivity contribution in [2.24, 2.45) is 5.73 Å². The summed E-state index contributed by atoms with van der Waals surface area (Å²) in [5.41, 5.74) is 9.47. The van der Waals surface area contributed by atoms with E-state index < -0.39 is 0 Å². The molecular formula is C18H16N2O2. The Morgan fingerprint density at radius 2 is 1.91 bits per heavy atom. The summed E-state index contributed by atoms with van der Waals surface area (Å²) in [5.74, 6) is 1.24. The van der Waals surface area contributed by atoms with Gasteiger partial charge in [0.2, 0.25) is 5.88 Å². The molecule has 3 rings (SSSR count). The van der Waals surface area contributed by atoms with Crippen molar-refractivity contribution in [2.75, 3.05) is 7.11 Å². The normalized spacial score (nSPS) is 16.5. The van der Waals surface area contributed by atoms with Gasteiger partial charge in [-0.05, 0) is 18.6 Å². The molecule has 2 aromatic rings. The van der Waals surface area contributed by atoms with Crippen LogP contribution in [0.3, 0.4) is 0 Å². The lowest BCUT2D eigenvalue weighted by atomic mass is 9.83. The zero-order chi connectivity index (χ0) is 15.7. The van der Waals surface area contributed by atoms with Gasteiger partial charge < -0.3 is 15.2 Å². The smallest absolute Gasteiger partial charge is 0.205 e. The summed E-state index contributed by atoms with van der Waals surface area (Å²) < 4.78 is 10.8. The number of rotatable bonds is 2. The Labute approximate surface area is 129 Å². The molecule has 0 unspecified atom stereocenters. The van der Waals surface area contributed by atoms with Crippen molar-refractivity contribution in [1.29, 1.82) is 5.26 Å². The van der Waals surface area contributed by atoms with Gasteiger partial charge in [0, 0.05) is 11.6 Å². The van der Waals surface area contributed by atoms with Gasteiger partial charge in [-0.25, -0.2) is 0 Å². The van der Waals surface area contributed by atoms with Crippen LogP contribution in [0, 0.1) is 18.3 Å². The van der Waals surface area contributed by atoms with E-state index in [1.165, 1.54) is 5.56 Å². The fourth-order valence-corrected chi connectivity index (χ4v) is 2.66. The van der Waals surface area contributed by atoms with Crippen LogP contribution in [-0.2, 0) is 0 Å². The molecule has 110 valence electrons. The van der Waals surface area contributed by atoms with E-state index in [0.717, 1.165) is 11.1 Å². The fraction of sp³-hybridized carbons (Fsp3) is 0.167. The molecule has 0 saturated heterocycles. The maximum atomic E-state index is 9.48. The molecule has 22 heavy (non-hydrogen) atoms. The minimum Gasteiger partial charge on any atom is -0.497 e. The lowest BCUT2D eigenvalue weighted by molar-refractivity contribution is 0.381. The molecule has 4 nitrogen and oxygen atoms in total. The number of benzene rings is 2. The Bertz CT molecular complexity index is 786. The first kappa shape index (κ1) is 14.0. The summed E-state index contributed by atoms with van der Waals surface area (Å²) >= 11 is 0. The number of hydrogen-bond donors (Lipinski definition) is 1. The summed E-state index contributed by atoms with van der Waals surface area (Å²) in [6, 6.07) is 15.8. The Hall–Kier alpha value is -2.93. The molecule has 0 amide bonds. The van der Waals surface area contributed by atoms with Crippen LogP contribution in [-0.4, -0.2) is 7.11 Å². The maximum absolute atomic E-state index is 9.48. The fourth-order valence-electron chi connectivity index (χ4n) is 2.66. The molecule has 1 aliphatic rings. The number of fused-ring (bicyclic) bond motifs is 1. The molecular weight excluding hydrogens is 276 g/mol. The highest BCUT2D eigenvalue weighted by Crippen LogP contribution is 2.43. The van der Waals surface area contributed by atoms with Crippen LogP contribution >= 0.6 is 0 Å². The molecule has 0 bridgehead atoms. The first-order valence-corrected chi connectivity index (χ1v) is 6.96. The van der Waals surface area contributed by atoms with Gasteiger partial charge in [-0.3, -0.25) is 0 Å². The third-order valence-electron chi connectivity index (χ3n) is 3.84. The van der Waals surface area contributed by atoms with Crippen molar-refractivity contribution in [1.82, 2.24) is 0 Å². The van der Waals surface area contributed by atoms with Crippen molar-refractivity contribution in [3.63, 3.8) is 0 Å². The number of allylic oxidation sites excluding steroid dienone is 1.